The largest absolute Gasteiger partial charge is 0.510 e. The van der Waals surface area contributed by atoms with Gasteiger partial charge >= 0.3 is 0 Å². The Morgan fingerprint density at radius 2 is 2.33 bits per heavy atom. The molecule has 0 aliphatic carbocycles. The molecule has 0 aromatic heterocycles. The van der Waals surface area contributed by atoms with Crippen LogP contribution in [0.25, 0.3) is 0 Å². The molecule has 0 unspecified atom stereocenters. The van der Waals surface area contributed by atoms with Crippen LogP contribution < -0.4 is 0 Å². The van der Waals surface area contributed by atoms with E-state index in [0.717, 1.165) is 13.0 Å². The molecule has 0 aromatic carbocycles. The van der Waals surface area contributed by atoms with E-state index < -0.39 is 0 Å². The Labute approximate surface area is 72.7 Å². The first kappa shape index (κ1) is 9.10. The summed E-state index contributed by atoms with van der Waals surface area (Å²) in [4.78, 5) is 12.7. The molecule has 1 heterocycles. The number of nitrogens with zero attached hydrogens (tertiary/aromatic N) is 1. The van der Waals surface area contributed by atoms with Crippen molar-refractivity contribution in [3.05, 3.63) is 11.8 Å². The van der Waals surface area contributed by atoms with Gasteiger partial charge in [0.1, 0.15) is 5.76 Å². The SMILES string of the molecule is CC(C)CCN1CC(O)=CC1=O. The van der Waals surface area contributed by atoms with E-state index >= 15 is 0 Å². The first-order valence-electron chi connectivity index (χ1n) is 4.28. The fourth-order valence-electron chi connectivity index (χ4n) is 1.16. The van der Waals surface area contributed by atoms with Gasteiger partial charge in [-0.25, -0.2) is 0 Å². The van der Waals surface area contributed by atoms with E-state index in [1.165, 1.54) is 6.08 Å². The molecule has 0 spiro atoms. The minimum absolute atomic E-state index is 0.0619. The van der Waals surface area contributed by atoms with Crippen LogP contribution in [-0.2, 0) is 4.79 Å². The molecule has 0 bridgehead atoms. The Hall–Kier alpha value is -0.990. The lowest BCUT2D eigenvalue weighted by molar-refractivity contribution is -0.124. The maximum atomic E-state index is 11.1. The Balaban J connectivity index is 2.32. The van der Waals surface area contributed by atoms with Crippen molar-refractivity contribution in [1.82, 2.24) is 4.90 Å². The van der Waals surface area contributed by atoms with Gasteiger partial charge in [-0.2, -0.15) is 0 Å². The van der Waals surface area contributed by atoms with Gasteiger partial charge < -0.3 is 10.0 Å². The monoisotopic (exact) mass is 169 g/mol. The van der Waals surface area contributed by atoms with Crippen LogP contribution in [0.15, 0.2) is 11.8 Å². The van der Waals surface area contributed by atoms with E-state index in [4.69, 9.17) is 5.11 Å². The van der Waals surface area contributed by atoms with Crippen molar-refractivity contribution in [1.29, 1.82) is 0 Å². The lowest BCUT2D eigenvalue weighted by Crippen LogP contribution is -2.27. The first-order valence-corrected chi connectivity index (χ1v) is 4.28. The van der Waals surface area contributed by atoms with Crippen molar-refractivity contribution >= 4 is 5.91 Å². The number of carbonyl (C=O) groups excluding carboxylic acids is 1. The van der Waals surface area contributed by atoms with Gasteiger partial charge in [-0.15, -0.1) is 0 Å². The molecule has 1 aliphatic rings. The summed E-state index contributed by atoms with van der Waals surface area (Å²) in [6.07, 6.45) is 2.28. The van der Waals surface area contributed by atoms with Gasteiger partial charge in [0.15, 0.2) is 0 Å². The highest BCUT2D eigenvalue weighted by Crippen LogP contribution is 2.10. The zero-order valence-corrected chi connectivity index (χ0v) is 7.58. The number of rotatable bonds is 3. The Morgan fingerprint density at radius 3 is 2.75 bits per heavy atom. The van der Waals surface area contributed by atoms with Gasteiger partial charge in [-0.1, -0.05) is 13.8 Å². The number of aliphatic hydroxyl groups excluding tert-OH is 1. The van der Waals surface area contributed by atoms with Crippen molar-refractivity contribution in [2.24, 2.45) is 5.92 Å². The molecule has 0 radical (unpaired) electrons. The number of hydrogen-bond acceptors (Lipinski definition) is 2. The van der Waals surface area contributed by atoms with Gasteiger partial charge in [0.25, 0.3) is 0 Å². The van der Waals surface area contributed by atoms with Crippen LogP contribution in [0.4, 0.5) is 0 Å². The number of hydrogen-bond donors (Lipinski definition) is 1. The molecule has 0 saturated carbocycles. The Morgan fingerprint density at radius 1 is 1.67 bits per heavy atom. The molecule has 12 heavy (non-hydrogen) atoms. The second kappa shape index (κ2) is 3.61. The highest BCUT2D eigenvalue weighted by atomic mass is 16.3. The molecule has 1 rings (SSSR count). The van der Waals surface area contributed by atoms with Crippen LogP contribution in [0, 0.1) is 5.92 Å². The molecule has 1 aliphatic heterocycles. The number of carbonyl (C=O) groups is 1. The van der Waals surface area contributed by atoms with E-state index in [2.05, 4.69) is 13.8 Å². The summed E-state index contributed by atoms with van der Waals surface area (Å²) in [6.45, 7) is 5.38. The van der Waals surface area contributed by atoms with Crippen LogP contribution in [-0.4, -0.2) is 29.0 Å². The molecular formula is C9H15NO2. The van der Waals surface area contributed by atoms with Crippen LogP contribution in [0.2, 0.25) is 0 Å². The van der Waals surface area contributed by atoms with Gasteiger partial charge in [0.2, 0.25) is 5.91 Å². The molecule has 1 N–H and O–H groups in total. The minimum atomic E-state index is -0.0619. The first-order chi connectivity index (χ1) is 5.59. The predicted octanol–water partition coefficient (Wildman–Crippen LogP) is 1.32. The lowest BCUT2D eigenvalue weighted by atomic mass is 10.1. The van der Waals surface area contributed by atoms with Crippen molar-refractivity contribution in [3.63, 3.8) is 0 Å². The number of amides is 1. The van der Waals surface area contributed by atoms with E-state index in [0.29, 0.717) is 12.5 Å². The standard InChI is InChI=1S/C9H15NO2/c1-7(2)3-4-10-6-8(11)5-9(10)12/h5,7,11H,3-4,6H2,1-2H3. The van der Waals surface area contributed by atoms with Crippen LogP contribution in [0.3, 0.4) is 0 Å². The summed E-state index contributed by atoms with van der Waals surface area (Å²) in [6, 6.07) is 0. The quantitative estimate of drug-likeness (QED) is 0.692. The topological polar surface area (TPSA) is 40.5 Å². The maximum absolute atomic E-state index is 11.1. The highest BCUT2D eigenvalue weighted by Gasteiger charge is 2.20. The summed E-state index contributed by atoms with van der Waals surface area (Å²) >= 11 is 0. The summed E-state index contributed by atoms with van der Waals surface area (Å²) in [5, 5.41) is 9.03. The third kappa shape index (κ3) is 2.26. The molecule has 0 saturated heterocycles. The predicted molar refractivity (Wildman–Crippen MR) is 46.7 cm³/mol. The van der Waals surface area contributed by atoms with Gasteiger partial charge in [-0.05, 0) is 12.3 Å². The molecule has 1 amide bonds. The maximum Gasteiger partial charge on any atom is 0.250 e. The second-order valence-electron chi connectivity index (χ2n) is 3.58. The van der Waals surface area contributed by atoms with Crippen LogP contribution in [0.1, 0.15) is 20.3 Å². The molecule has 0 atom stereocenters. The summed E-state index contributed by atoms with van der Waals surface area (Å²) in [5.41, 5.74) is 0. The molecular weight excluding hydrogens is 154 g/mol. The fraction of sp³-hybridized carbons (Fsp3) is 0.667. The summed E-state index contributed by atoms with van der Waals surface area (Å²) in [5.74, 6) is 0.720. The zero-order chi connectivity index (χ0) is 9.14. The third-order valence-electron chi connectivity index (χ3n) is 1.93. The fourth-order valence-corrected chi connectivity index (χ4v) is 1.16. The third-order valence-corrected chi connectivity index (χ3v) is 1.93. The molecule has 3 nitrogen and oxygen atoms in total. The average molecular weight is 169 g/mol. The highest BCUT2D eigenvalue weighted by molar-refractivity contribution is 5.90. The molecule has 0 fully saturated rings. The lowest BCUT2D eigenvalue weighted by Gasteiger charge is -2.16. The second-order valence-corrected chi connectivity index (χ2v) is 3.58. The van der Waals surface area contributed by atoms with E-state index in [1.54, 1.807) is 4.90 Å². The van der Waals surface area contributed by atoms with Crippen molar-refractivity contribution in [3.8, 4) is 0 Å². The zero-order valence-electron chi connectivity index (χ0n) is 7.58. The molecule has 0 aromatic rings. The van der Waals surface area contributed by atoms with Gasteiger partial charge in [-0.3, -0.25) is 4.79 Å². The normalized spacial score (nSPS) is 17.4. The summed E-state index contributed by atoms with van der Waals surface area (Å²) < 4.78 is 0. The Bertz CT molecular complexity index is 209. The van der Waals surface area contributed by atoms with Crippen molar-refractivity contribution < 1.29 is 9.90 Å². The Kier molecular flexibility index (Phi) is 2.74. The summed E-state index contributed by atoms with van der Waals surface area (Å²) in [7, 11) is 0. The molecule has 68 valence electrons. The van der Waals surface area contributed by atoms with E-state index in [-0.39, 0.29) is 11.7 Å². The van der Waals surface area contributed by atoms with Gasteiger partial charge in [0.05, 0.1) is 6.54 Å². The average Bonchev–Trinajstić information content (AvgIpc) is 2.26. The van der Waals surface area contributed by atoms with E-state index in [1.807, 2.05) is 0 Å². The smallest absolute Gasteiger partial charge is 0.250 e. The van der Waals surface area contributed by atoms with Crippen molar-refractivity contribution in [2.75, 3.05) is 13.1 Å². The number of aliphatic hydroxyl groups is 1. The van der Waals surface area contributed by atoms with Crippen molar-refractivity contribution in [2.45, 2.75) is 20.3 Å². The van der Waals surface area contributed by atoms with Crippen LogP contribution in [0.5, 0.6) is 0 Å². The van der Waals surface area contributed by atoms with E-state index in [9.17, 15) is 4.79 Å². The molecule has 3 heteroatoms. The minimum Gasteiger partial charge on any atom is -0.510 e. The van der Waals surface area contributed by atoms with Crippen LogP contribution >= 0.6 is 0 Å². The van der Waals surface area contributed by atoms with Gasteiger partial charge in [0, 0.05) is 12.6 Å².